The van der Waals surface area contributed by atoms with Crippen molar-refractivity contribution in [1.82, 2.24) is 9.97 Å². The minimum Gasteiger partial charge on any atom is -0.368 e. The van der Waals surface area contributed by atoms with Crippen LogP contribution in [0.5, 0.6) is 0 Å². The van der Waals surface area contributed by atoms with E-state index in [0.717, 1.165) is 6.54 Å². The van der Waals surface area contributed by atoms with Gasteiger partial charge >= 0.3 is 0 Å². The van der Waals surface area contributed by atoms with Crippen molar-refractivity contribution in [2.24, 2.45) is 5.41 Å². The molecule has 14 heavy (non-hydrogen) atoms. The minimum absolute atomic E-state index is 0.170. The fourth-order valence-corrected chi connectivity index (χ4v) is 1.01. The largest absolute Gasteiger partial charge is 0.368 e. The molecular formula is C9H15ClN4. The summed E-state index contributed by atoms with van der Waals surface area (Å²) < 4.78 is 0. The van der Waals surface area contributed by atoms with E-state index in [1.165, 1.54) is 6.20 Å². The molecule has 1 rings (SSSR count). The van der Waals surface area contributed by atoms with Crippen LogP contribution in [0.1, 0.15) is 20.8 Å². The Morgan fingerprint density at radius 3 is 2.71 bits per heavy atom. The van der Waals surface area contributed by atoms with Crippen LogP contribution in [0, 0.1) is 5.41 Å². The fourth-order valence-electron chi connectivity index (χ4n) is 0.854. The van der Waals surface area contributed by atoms with E-state index >= 15 is 0 Å². The van der Waals surface area contributed by atoms with E-state index in [4.69, 9.17) is 17.3 Å². The van der Waals surface area contributed by atoms with Gasteiger partial charge in [0, 0.05) is 6.54 Å². The van der Waals surface area contributed by atoms with Gasteiger partial charge in [0.15, 0.2) is 0 Å². The molecule has 0 aliphatic heterocycles. The lowest BCUT2D eigenvalue weighted by Crippen LogP contribution is -2.20. The number of nitrogen functional groups attached to an aromatic ring is 1. The first-order valence-electron chi connectivity index (χ1n) is 4.40. The first kappa shape index (κ1) is 11.0. The second-order valence-corrected chi connectivity index (χ2v) is 4.75. The summed E-state index contributed by atoms with van der Waals surface area (Å²) in [5.74, 6) is 0.819. The molecule has 0 spiro atoms. The molecule has 1 aromatic heterocycles. The zero-order valence-corrected chi connectivity index (χ0v) is 9.39. The standard InChI is InChI=1S/C9H15ClN4/c1-9(2,3)5-13-7-6(10)4-12-8(11)14-7/h4H,5H2,1-3H3,(H3,11,12,13,14). The summed E-state index contributed by atoms with van der Waals surface area (Å²) in [4.78, 5) is 7.78. The highest BCUT2D eigenvalue weighted by atomic mass is 35.5. The Balaban J connectivity index is 2.72. The van der Waals surface area contributed by atoms with Crippen molar-refractivity contribution >= 4 is 23.4 Å². The van der Waals surface area contributed by atoms with Gasteiger partial charge in [0.25, 0.3) is 0 Å². The first-order chi connectivity index (χ1) is 6.38. The van der Waals surface area contributed by atoms with Gasteiger partial charge in [-0.3, -0.25) is 0 Å². The van der Waals surface area contributed by atoms with Gasteiger partial charge in [-0.15, -0.1) is 0 Å². The highest BCUT2D eigenvalue weighted by Crippen LogP contribution is 2.20. The maximum absolute atomic E-state index is 5.88. The SMILES string of the molecule is CC(C)(C)CNc1nc(N)ncc1Cl. The molecule has 0 bridgehead atoms. The van der Waals surface area contributed by atoms with Gasteiger partial charge in [0.2, 0.25) is 5.95 Å². The lowest BCUT2D eigenvalue weighted by Gasteiger charge is -2.19. The fraction of sp³-hybridized carbons (Fsp3) is 0.556. The van der Waals surface area contributed by atoms with Gasteiger partial charge in [-0.05, 0) is 5.41 Å². The maximum atomic E-state index is 5.88. The Labute approximate surface area is 88.9 Å². The lowest BCUT2D eigenvalue weighted by molar-refractivity contribution is 0.442. The van der Waals surface area contributed by atoms with Crippen LogP contribution in [0.3, 0.4) is 0 Å². The minimum atomic E-state index is 0.170. The topological polar surface area (TPSA) is 63.8 Å². The normalized spacial score (nSPS) is 11.4. The van der Waals surface area contributed by atoms with Crippen molar-refractivity contribution in [1.29, 1.82) is 0 Å². The Morgan fingerprint density at radius 1 is 1.50 bits per heavy atom. The summed E-state index contributed by atoms with van der Waals surface area (Å²) in [6.07, 6.45) is 1.49. The molecule has 78 valence electrons. The van der Waals surface area contributed by atoms with Crippen molar-refractivity contribution < 1.29 is 0 Å². The van der Waals surface area contributed by atoms with Crippen LogP contribution in [0.4, 0.5) is 11.8 Å². The van der Waals surface area contributed by atoms with E-state index < -0.39 is 0 Å². The quantitative estimate of drug-likeness (QED) is 0.792. The Bertz CT molecular complexity index is 319. The van der Waals surface area contributed by atoms with Crippen LogP contribution in [0.25, 0.3) is 0 Å². The molecule has 0 fully saturated rings. The Kier molecular flexibility index (Phi) is 3.16. The molecule has 0 saturated carbocycles. The van der Waals surface area contributed by atoms with E-state index in [1.807, 2.05) is 0 Å². The summed E-state index contributed by atoms with van der Waals surface area (Å²) in [7, 11) is 0. The zero-order valence-electron chi connectivity index (χ0n) is 8.63. The van der Waals surface area contributed by atoms with Crippen LogP contribution in [0.15, 0.2) is 6.20 Å². The predicted molar refractivity (Wildman–Crippen MR) is 59.4 cm³/mol. The van der Waals surface area contributed by atoms with Crippen LogP contribution < -0.4 is 11.1 Å². The molecule has 0 aliphatic rings. The van der Waals surface area contributed by atoms with E-state index in [9.17, 15) is 0 Å². The smallest absolute Gasteiger partial charge is 0.222 e. The third-order valence-electron chi connectivity index (χ3n) is 1.55. The first-order valence-corrected chi connectivity index (χ1v) is 4.78. The summed E-state index contributed by atoms with van der Waals surface area (Å²) in [6, 6.07) is 0. The number of hydrogen-bond donors (Lipinski definition) is 2. The Hall–Kier alpha value is -1.03. The highest BCUT2D eigenvalue weighted by molar-refractivity contribution is 6.32. The predicted octanol–water partition coefficient (Wildman–Crippen LogP) is 2.17. The van der Waals surface area contributed by atoms with Gasteiger partial charge in [0.05, 0.1) is 6.20 Å². The number of hydrogen-bond acceptors (Lipinski definition) is 4. The molecule has 0 unspecified atom stereocenters. The lowest BCUT2D eigenvalue weighted by atomic mass is 9.97. The molecule has 1 heterocycles. The van der Waals surface area contributed by atoms with Crippen LogP contribution >= 0.6 is 11.6 Å². The monoisotopic (exact) mass is 214 g/mol. The average Bonchev–Trinajstić information content (AvgIpc) is 2.05. The number of rotatable bonds is 2. The van der Waals surface area contributed by atoms with Crippen molar-refractivity contribution in [2.75, 3.05) is 17.6 Å². The van der Waals surface area contributed by atoms with Crippen molar-refractivity contribution in [3.05, 3.63) is 11.2 Å². The number of aromatic nitrogens is 2. The van der Waals surface area contributed by atoms with Crippen LogP contribution in [-0.2, 0) is 0 Å². The van der Waals surface area contributed by atoms with Crippen LogP contribution in [-0.4, -0.2) is 16.5 Å². The molecule has 0 aromatic carbocycles. The second kappa shape index (κ2) is 4.00. The molecule has 3 N–H and O–H groups in total. The molecule has 0 aliphatic carbocycles. The van der Waals surface area contributed by atoms with Gasteiger partial charge < -0.3 is 11.1 Å². The highest BCUT2D eigenvalue weighted by Gasteiger charge is 2.11. The summed E-state index contributed by atoms with van der Waals surface area (Å²) in [5, 5.41) is 3.62. The number of nitrogens with one attached hydrogen (secondary N) is 1. The third kappa shape index (κ3) is 3.38. The van der Waals surface area contributed by atoms with Crippen molar-refractivity contribution in [3.63, 3.8) is 0 Å². The number of anilines is 2. The van der Waals surface area contributed by atoms with Gasteiger partial charge in [-0.2, -0.15) is 4.98 Å². The van der Waals surface area contributed by atoms with Gasteiger partial charge in [-0.25, -0.2) is 4.98 Å². The van der Waals surface area contributed by atoms with Crippen LogP contribution in [0.2, 0.25) is 5.02 Å². The summed E-state index contributed by atoms with van der Waals surface area (Å²) in [5.41, 5.74) is 5.62. The molecule has 1 aromatic rings. The number of nitrogens with zero attached hydrogens (tertiary/aromatic N) is 2. The molecule has 0 radical (unpaired) electrons. The second-order valence-electron chi connectivity index (χ2n) is 4.34. The molecule has 0 amide bonds. The molecule has 0 atom stereocenters. The summed E-state index contributed by atoms with van der Waals surface area (Å²) in [6.45, 7) is 7.15. The summed E-state index contributed by atoms with van der Waals surface area (Å²) >= 11 is 5.88. The van der Waals surface area contributed by atoms with Gasteiger partial charge in [0.1, 0.15) is 10.8 Å². The third-order valence-corrected chi connectivity index (χ3v) is 1.83. The van der Waals surface area contributed by atoms with E-state index in [1.54, 1.807) is 0 Å². The zero-order chi connectivity index (χ0) is 10.8. The number of halogens is 1. The molecule has 0 saturated heterocycles. The molecule has 4 nitrogen and oxygen atoms in total. The van der Waals surface area contributed by atoms with E-state index in [-0.39, 0.29) is 11.4 Å². The average molecular weight is 215 g/mol. The Morgan fingerprint density at radius 2 is 2.14 bits per heavy atom. The van der Waals surface area contributed by atoms with E-state index in [0.29, 0.717) is 10.8 Å². The van der Waals surface area contributed by atoms with Crippen molar-refractivity contribution in [2.45, 2.75) is 20.8 Å². The number of nitrogens with two attached hydrogens (primary N) is 1. The van der Waals surface area contributed by atoms with E-state index in [2.05, 4.69) is 36.1 Å². The maximum Gasteiger partial charge on any atom is 0.222 e. The van der Waals surface area contributed by atoms with Crippen molar-refractivity contribution in [3.8, 4) is 0 Å². The molecule has 5 heteroatoms. The molecular weight excluding hydrogens is 200 g/mol. The van der Waals surface area contributed by atoms with Gasteiger partial charge in [-0.1, -0.05) is 32.4 Å².